The summed E-state index contributed by atoms with van der Waals surface area (Å²) in [5.74, 6) is -0.393. The van der Waals surface area contributed by atoms with Crippen molar-refractivity contribution in [3.05, 3.63) is 71.4 Å². The summed E-state index contributed by atoms with van der Waals surface area (Å²) in [5.41, 5.74) is 0.877. The van der Waals surface area contributed by atoms with Gasteiger partial charge in [0.05, 0.1) is 18.8 Å². The maximum Gasteiger partial charge on any atom is 0.338 e. The molecule has 0 bridgehead atoms. The quantitative estimate of drug-likeness (QED) is 0.232. The predicted molar refractivity (Wildman–Crippen MR) is 85.7 cm³/mol. The van der Waals surface area contributed by atoms with E-state index in [4.69, 9.17) is 14.3 Å². The maximum absolute atomic E-state index is 11.6. The molecule has 2 aromatic rings. The highest BCUT2D eigenvalue weighted by Crippen LogP contribution is 2.09. The summed E-state index contributed by atoms with van der Waals surface area (Å²) < 4.78 is 10.3. The van der Waals surface area contributed by atoms with Gasteiger partial charge in [0.25, 0.3) is 0 Å². The SMILES string of the molecule is O=C(OCCOCCO/N=[N+](\[O-])c1ccccc1)c1ccccc1. The van der Waals surface area contributed by atoms with E-state index in [1.54, 1.807) is 54.6 Å². The van der Waals surface area contributed by atoms with Crippen LogP contribution >= 0.6 is 0 Å². The van der Waals surface area contributed by atoms with Crippen LogP contribution in [0.3, 0.4) is 0 Å². The van der Waals surface area contributed by atoms with Crippen LogP contribution in [0.25, 0.3) is 0 Å². The molecule has 24 heavy (non-hydrogen) atoms. The van der Waals surface area contributed by atoms with Crippen LogP contribution in [0.1, 0.15) is 10.4 Å². The lowest BCUT2D eigenvalue weighted by Gasteiger charge is -2.05. The Morgan fingerprint density at radius 2 is 1.54 bits per heavy atom. The van der Waals surface area contributed by atoms with Gasteiger partial charge in [-0.1, -0.05) is 36.4 Å². The highest BCUT2D eigenvalue weighted by molar-refractivity contribution is 5.89. The summed E-state index contributed by atoms with van der Waals surface area (Å²) in [6.45, 7) is 0.734. The van der Waals surface area contributed by atoms with E-state index in [0.29, 0.717) is 16.1 Å². The van der Waals surface area contributed by atoms with Crippen molar-refractivity contribution in [1.82, 2.24) is 0 Å². The Morgan fingerprint density at radius 1 is 0.917 bits per heavy atom. The molecule has 7 heteroatoms. The summed E-state index contributed by atoms with van der Waals surface area (Å²) in [7, 11) is 0. The van der Waals surface area contributed by atoms with Gasteiger partial charge in [-0.3, -0.25) is 0 Å². The van der Waals surface area contributed by atoms with E-state index >= 15 is 0 Å². The second kappa shape index (κ2) is 9.96. The monoisotopic (exact) mass is 330 g/mol. The molecule has 0 atom stereocenters. The highest BCUT2D eigenvalue weighted by atomic mass is 16.7. The lowest BCUT2D eigenvalue weighted by Crippen LogP contribution is -2.12. The van der Waals surface area contributed by atoms with Crippen molar-refractivity contribution in [1.29, 1.82) is 0 Å². The first-order valence-corrected chi connectivity index (χ1v) is 7.42. The van der Waals surface area contributed by atoms with Crippen molar-refractivity contribution in [3.8, 4) is 0 Å². The van der Waals surface area contributed by atoms with E-state index in [0.717, 1.165) is 0 Å². The third-order valence-electron chi connectivity index (χ3n) is 2.90. The second-order valence-corrected chi connectivity index (χ2v) is 4.64. The number of ether oxygens (including phenoxy) is 2. The average Bonchev–Trinajstić information content (AvgIpc) is 2.65. The van der Waals surface area contributed by atoms with Gasteiger partial charge in [0, 0.05) is 12.1 Å². The van der Waals surface area contributed by atoms with Gasteiger partial charge in [0.15, 0.2) is 0 Å². The van der Waals surface area contributed by atoms with Crippen LogP contribution in [-0.2, 0) is 14.3 Å². The van der Waals surface area contributed by atoms with Crippen molar-refractivity contribution in [2.24, 2.45) is 5.28 Å². The smallest absolute Gasteiger partial charge is 0.338 e. The molecule has 0 amide bonds. The van der Waals surface area contributed by atoms with E-state index in [-0.39, 0.29) is 26.4 Å². The minimum absolute atomic E-state index is 0.123. The third kappa shape index (κ3) is 6.05. The normalized spacial score (nSPS) is 11.1. The Morgan fingerprint density at radius 3 is 2.25 bits per heavy atom. The highest BCUT2D eigenvalue weighted by Gasteiger charge is 2.05. The zero-order valence-corrected chi connectivity index (χ0v) is 13.0. The number of para-hydroxylation sites is 1. The zero-order chi connectivity index (χ0) is 17.0. The molecular weight excluding hydrogens is 312 g/mol. The van der Waals surface area contributed by atoms with Crippen LogP contribution in [0.5, 0.6) is 0 Å². The second-order valence-electron chi connectivity index (χ2n) is 4.64. The van der Waals surface area contributed by atoms with Crippen molar-refractivity contribution in [2.45, 2.75) is 0 Å². The van der Waals surface area contributed by atoms with Crippen molar-refractivity contribution in [2.75, 3.05) is 26.4 Å². The number of benzene rings is 2. The molecule has 0 aliphatic carbocycles. The average molecular weight is 330 g/mol. The Hall–Kier alpha value is -2.93. The summed E-state index contributed by atoms with van der Waals surface area (Å²) in [5, 5.41) is 14.9. The number of hydrogen-bond acceptors (Lipinski definition) is 6. The predicted octanol–water partition coefficient (Wildman–Crippen LogP) is 3.09. The first-order valence-electron chi connectivity index (χ1n) is 7.42. The Labute approximate surface area is 139 Å². The van der Waals surface area contributed by atoms with Gasteiger partial charge >= 0.3 is 5.97 Å². The molecule has 0 N–H and O–H groups in total. The lowest BCUT2D eigenvalue weighted by atomic mass is 10.2. The van der Waals surface area contributed by atoms with Gasteiger partial charge in [-0.05, 0) is 17.0 Å². The molecular formula is C17H18N2O5. The standard InChI is InChI=1S/C17H18N2O5/c20-17(15-7-3-1-4-8-15)23-13-11-22-12-14-24-18-19(21)16-9-5-2-6-10-16/h1-10H,11-14H2/b19-18-. The topological polar surface area (TPSA) is 83.2 Å². The molecule has 126 valence electrons. The molecule has 0 saturated carbocycles. The van der Waals surface area contributed by atoms with Crippen LogP contribution in [0, 0.1) is 5.21 Å². The number of hydrogen-bond donors (Lipinski definition) is 0. The fourth-order valence-corrected chi connectivity index (χ4v) is 1.75. The number of nitrogens with zero attached hydrogens (tertiary/aromatic N) is 2. The lowest BCUT2D eigenvalue weighted by molar-refractivity contribution is -0.479. The summed E-state index contributed by atoms with van der Waals surface area (Å²) >= 11 is 0. The molecule has 0 aliphatic heterocycles. The third-order valence-corrected chi connectivity index (χ3v) is 2.90. The number of carbonyl (C=O) groups excluding carboxylic acids is 1. The molecule has 7 nitrogen and oxygen atoms in total. The van der Waals surface area contributed by atoms with Crippen LogP contribution in [0.4, 0.5) is 5.69 Å². The molecule has 0 unspecified atom stereocenters. The molecule has 0 heterocycles. The molecule has 0 saturated heterocycles. The Bertz CT molecular complexity index is 647. The van der Waals surface area contributed by atoms with Crippen LogP contribution in [0.15, 0.2) is 65.9 Å². The van der Waals surface area contributed by atoms with E-state index in [1.165, 1.54) is 0 Å². The largest absolute Gasteiger partial charge is 0.592 e. The number of esters is 1. The maximum atomic E-state index is 11.6. The fraction of sp³-hybridized carbons (Fsp3) is 0.235. The van der Waals surface area contributed by atoms with Gasteiger partial charge in [0.1, 0.15) is 13.2 Å². The van der Waals surface area contributed by atoms with E-state index in [1.807, 2.05) is 6.07 Å². The van der Waals surface area contributed by atoms with Gasteiger partial charge in [-0.15, -0.1) is 0 Å². The fourth-order valence-electron chi connectivity index (χ4n) is 1.75. The molecule has 2 aromatic carbocycles. The Balaban J connectivity index is 1.53. The summed E-state index contributed by atoms with van der Waals surface area (Å²) in [4.78, 5) is 16.9. The first kappa shape index (κ1) is 17.4. The molecule has 2 rings (SSSR count). The zero-order valence-electron chi connectivity index (χ0n) is 13.0. The van der Waals surface area contributed by atoms with Crippen molar-refractivity contribution < 1.29 is 24.0 Å². The molecule has 0 aromatic heterocycles. The van der Waals surface area contributed by atoms with E-state index < -0.39 is 5.97 Å². The van der Waals surface area contributed by atoms with Crippen LogP contribution < -0.4 is 0 Å². The van der Waals surface area contributed by atoms with Gasteiger partial charge in [-0.25, -0.2) is 4.79 Å². The van der Waals surface area contributed by atoms with Crippen LogP contribution in [0.2, 0.25) is 0 Å². The van der Waals surface area contributed by atoms with Crippen molar-refractivity contribution in [3.63, 3.8) is 0 Å². The van der Waals surface area contributed by atoms with Gasteiger partial charge in [0.2, 0.25) is 11.0 Å². The minimum Gasteiger partial charge on any atom is -0.592 e. The molecule has 0 aliphatic rings. The minimum atomic E-state index is -0.393. The Kier molecular flexibility index (Phi) is 7.23. The van der Waals surface area contributed by atoms with Gasteiger partial charge in [-0.2, -0.15) is 0 Å². The van der Waals surface area contributed by atoms with Crippen molar-refractivity contribution >= 4 is 11.7 Å². The number of rotatable bonds is 9. The first-order chi connectivity index (χ1) is 11.8. The molecule has 0 spiro atoms. The number of carbonyl (C=O) groups is 1. The van der Waals surface area contributed by atoms with Crippen LogP contribution in [-0.4, -0.2) is 37.3 Å². The summed E-state index contributed by atoms with van der Waals surface area (Å²) in [6, 6.07) is 17.2. The van der Waals surface area contributed by atoms with E-state index in [9.17, 15) is 10.0 Å². The molecule has 0 radical (unpaired) electrons. The van der Waals surface area contributed by atoms with Gasteiger partial charge < -0.3 is 19.5 Å². The molecule has 0 fully saturated rings. The van der Waals surface area contributed by atoms with E-state index in [2.05, 4.69) is 5.28 Å². The summed E-state index contributed by atoms with van der Waals surface area (Å²) in [6.07, 6.45) is 0.